The number of carboxylic acid groups (broad SMARTS) is 1. The van der Waals surface area contributed by atoms with Crippen LogP contribution in [0.2, 0.25) is 0 Å². The van der Waals surface area contributed by atoms with Gasteiger partial charge in [-0.1, -0.05) is 18.7 Å². The van der Waals surface area contributed by atoms with Crippen LogP contribution in [0.4, 0.5) is 4.39 Å². The van der Waals surface area contributed by atoms with Gasteiger partial charge in [0.25, 0.3) is 0 Å². The molecule has 0 saturated carbocycles. The summed E-state index contributed by atoms with van der Waals surface area (Å²) in [5.41, 5.74) is 4.20. The number of aliphatic carboxylic acids is 1. The predicted molar refractivity (Wildman–Crippen MR) is 148 cm³/mol. The van der Waals surface area contributed by atoms with Gasteiger partial charge in [-0.05, 0) is 93.5 Å². The number of aryl methyl sites for hydroxylation is 2. The highest BCUT2D eigenvalue weighted by molar-refractivity contribution is 5.73. The molecule has 4 rings (SSSR count). The first-order chi connectivity index (χ1) is 18.5. The molecule has 2 aliphatic rings. The Morgan fingerprint density at radius 3 is 2.59 bits per heavy atom. The van der Waals surface area contributed by atoms with Crippen LogP contribution in [0.25, 0.3) is 5.57 Å². The molecule has 0 spiro atoms. The van der Waals surface area contributed by atoms with Crippen molar-refractivity contribution in [2.75, 3.05) is 6.61 Å². The van der Waals surface area contributed by atoms with Crippen LogP contribution in [0.15, 0.2) is 60.5 Å². The van der Waals surface area contributed by atoms with Gasteiger partial charge in [0.15, 0.2) is 5.60 Å². The fourth-order valence-corrected chi connectivity index (χ4v) is 5.19. The molecule has 2 atom stereocenters. The van der Waals surface area contributed by atoms with Gasteiger partial charge in [-0.15, -0.1) is 0 Å². The minimum absolute atomic E-state index is 0.00449. The molecule has 1 heterocycles. The van der Waals surface area contributed by atoms with Crippen molar-refractivity contribution in [3.05, 3.63) is 82.7 Å². The molecule has 204 valence electrons. The highest BCUT2D eigenvalue weighted by Gasteiger charge is 2.28. The first-order valence-electron chi connectivity index (χ1n) is 13.1. The number of fused-ring (bicyclic) bond motifs is 1. The Morgan fingerprint density at radius 2 is 1.92 bits per heavy atom. The van der Waals surface area contributed by atoms with Gasteiger partial charge in [0.2, 0.25) is 0 Å². The maximum atomic E-state index is 15.2. The van der Waals surface area contributed by atoms with E-state index in [2.05, 4.69) is 12.6 Å². The lowest BCUT2D eigenvalue weighted by Gasteiger charge is -2.22. The molecule has 0 aromatic heterocycles. The van der Waals surface area contributed by atoms with Crippen LogP contribution >= 0.6 is 0 Å². The fourth-order valence-electron chi connectivity index (χ4n) is 5.19. The van der Waals surface area contributed by atoms with Crippen molar-refractivity contribution in [1.82, 2.24) is 0 Å². The van der Waals surface area contributed by atoms with Gasteiger partial charge >= 0.3 is 5.97 Å². The van der Waals surface area contributed by atoms with E-state index in [0.29, 0.717) is 36.7 Å². The molecule has 39 heavy (non-hydrogen) atoms. The van der Waals surface area contributed by atoms with E-state index in [9.17, 15) is 10.1 Å². The molecule has 7 heteroatoms. The van der Waals surface area contributed by atoms with E-state index in [-0.39, 0.29) is 17.9 Å². The van der Waals surface area contributed by atoms with Crippen molar-refractivity contribution in [1.29, 1.82) is 5.26 Å². The monoisotopic (exact) mass is 531 g/mol. The van der Waals surface area contributed by atoms with Crippen molar-refractivity contribution >= 4 is 11.5 Å². The Bertz CT molecular complexity index is 1370. The number of ether oxygens (including phenoxy) is 3. The van der Waals surface area contributed by atoms with Gasteiger partial charge < -0.3 is 19.3 Å². The van der Waals surface area contributed by atoms with E-state index in [1.165, 1.54) is 6.08 Å². The van der Waals surface area contributed by atoms with Gasteiger partial charge in [0.05, 0.1) is 13.0 Å². The molecule has 0 saturated heterocycles. The van der Waals surface area contributed by atoms with Crippen LogP contribution < -0.4 is 14.2 Å². The molecule has 1 aliphatic heterocycles. The maximum absolute atomic E-state index is 15.2. The largest absolute Gasteiger partial charge is 0.492 e. The number of rotatable bonds is 7. The molecule has 1 N–H and O–H groups in total. The Balaban J connectivity index is 1.50. The second-order valence-electron chi connectivity index (χ2n) is 10.7. The molecule has 0 fully saturated rings. The normalized spacial score (nSPS) is 22.0. The Hall–Kier alpha value is -4.05. The average Bonchev–Trinajstić information content (AvgIpc) is 3.27. The van der Waals surface area contributed by atoms with Crippen molar-refractivity contribution in [3.8, 4) is 23.3 Å². The van der Waals surface area contributed by atoms with Crippen LogP contribution in [-0.2, 0) is 4.79 Å². The molecule has 1 aliphatic carbocycles. The molecule has 2 aromatic carbocycles. The molecule has 0 bridgehead atoms. The van der Waals surface area contributed by atoms with E-state index in [1.807, 2.05) is 38.1 Å². The lowest BCUT2D eigenvalue weighted by Crippen LogP contribution is -2.25. The van der Waals surface area contributed by atoms with Crippen LogP contribution in [-0.4, -0.2) is 29.4 Å². The summed E-state index contributed by atoms with van der Waals surface area (Å²) in [6.45, 7) is 11.7. The Morgan fingerprint density at radius 1 is 1.21 bits per heavy atom. The lowest BCUT2D eigenvalue weighted by atomic mass is 9.91. The number of nitrogens with zero attached hydrogens (tertiary/aromatic N) is 1. The zero-order valence-electron chi connectivity index (χ0n) is 22.8. The Kier molecular flexibility index (Phi) is 8.15. The fraction of sp³-hybridized carbons (Fsp3) is 0.375. The minimum Gasteiger partial charge on any atom is -0.492 e. The number of carboxylic acids is 1. The SMILES string of the molecule is C=C1/C(F)=C\C=C(\c2c(C)cc(OC(C)(C)C#N)cc2C)CCC[C@H]1Oc1ccc2c(c1)OC[C@H]2CC(=O)O. The van der Waals surface area contributed by atoms with Crippen LogP contribution in [0.5, 0.6) is 17.2 Å². The minimum atomic E-state index is -0.940. The molecule has 0 radical (unpaired) electrons. The summed E-state index contributed by atoms with van der Waals surface area (Å²) in [6, 6.07) is 11.3. The van der Waals surface area contributed by atoms with E-state index < -0.39 is 23.5 Å². The van der Waals surface area contributed by atoms with Crippen molar-refractivity contribution in [2.45, 2.75) is 71.0 Å². The van der Waals surface area contributed by atoms with Crippen LogP contribution in [0.3, 0.4) is 0 Å². The van der Waals surface area contributed by atoms with E-state index in [0.717, 1.165) is 34.2 Å². The topological polar surface area (TPSA) is 88.8 Å². The number of hydrogen-bond donors (Lipinski definition) is 1. The number of nitriles is 1. The van der Waals surface area contributed by atoms with E-state index in [1.54, 1.807) is 26.0 Å². The molecule has 2 aromatic rings. The first kappa shape index (κ1) is 28.0. The zero-order valence-corrected chi connectivity index (χ0v) is 22.8. The van der Waals surface area contributed by atoms with Gasteiger partial charge in [-0.3, -0.25) is 4.79 Å². The summed E-state index contributed by atoms with van der Waals surface area (Å²) in [5.74, 6) is 0.250. The zero-order chi connectivity index (χ0) is 28.3. The second-order valence-corrected chi connectivity index (χ2v) is 10.7. The quantitative estimate of drug-likeness (QED) is 0.402. The maximum Gasteiger partial charge on any atom is 0.304 e. The summed E-state index contributed by atoms with van der Waals surface area (Å²) in [4.78, 5) is 11.1. The standard InChI is InChI=1S/C32H34FNO5/c1-19-13-25(39-32(4,5)18-34)14-20(2)31(19)22-7-6-8-28(21(3)27(33)12-9-22)38-24-10-11-26-23(15-30(35)36)17-37-29(26)16-24/h9-14,16,23,28H,3,6-8,15,17H2,1-2,4-5H3,(H,35,36)/b22-9+,27-12+/t23-,28-/m1/s1. The van der Waals surface area contributed by atoms with E-state index >= 15 is 4.39 Å². The molecular formula is C32H34FNO5. The first-order valence-corrected chi connectivity index (χ1v) is 13.1. The molecule has 0 amide bonds. The number of benzene rings is 2. The summed E-state index contributed by atoms with van der Waals surface area (Å²) in [7, 11) is 0. The molecule has 0 unspecified atom stereocenters. The summed E-state index contributed by atoms with van der Waals surface area (Å²) < 4.78 is 33.0. The smallest absolute Gasteiger partial charge is 0.304 e. The number of halogens is 1. The summed E-state index contributed by atoms with van der Waals surface area (Å²) >= 11 is 0. The van der Waals surface area contributed by atoms with Crippen LogP contribution in [0.1, 0.15) is 67.7 Å². The number of hydrogen-bond acceptors (Lipinski definition) is 5. The predicted octanol–water partition coefficient (Wildman–Crippen LogP) is 7.36. The van der Waals surface area contributed by atoms with Gasteiger partial charge in [-0.25, -0.2) is 4.39 Å². The Labute approximate surface area is 229 Å². The second kappa shape index (κ2) is 11.4. The van der Waals surface area contributed by atoms with Crippen molar-refractivity contribution < 1.29 is 28.5 Å². The third-order valence-corrected chi connectivity index (χ3v) is 7.07. The van der Waals surface area contributed by atoms with Gasteiger partial charge in [0.1, 0.15) is 35.2 Å². The highest BCUT2D eigenvalue weighted by Crippen LogP contribution is 2.40. The summed E-state index contributed by atoms with van der Waals surface area (Å²) in [5, 5.41) is 18.4. The van der Waals surface area contributed by atoms with Gasteiger partial charge in [0, 0.05) is 23.1 Å². The third kappa shape index (κ3) is 6.51. The van der Waals surface area contributed by atoms with Crippen molar-refractivity contribution in [2.24, 2.45) is 0 Å². The average molecular weight is 532 g/mol. The molecule has 6 nitrogen and oxygen atoms in total. The number of allylic oxidation sites excluding steroid dienone is 3. The third-order valence-electron chi connectivity index (χ3n) is 7.07. The van der Waals surface area contributed by atoms with Crippen LogP contribution in [0, 0.1) is 25.2 Å². The van der Waals surface area contributed by atoms with E-state index in [4.69, 9.17) is 19.3 Å². The number of carbonyl (C=O) groups is 1. The summed E-state index contributed by atoms with van der Waals surface area (Å²) in [6.07, 6.45) is 4.73. The van der Waals surface area contributed by atoms with Crippen molar-refractivity contribution in [3.63, 3.8) is 0 Å². The van der Waals surface area contributed by atoms with Gasteiger partial charge in [-0.2, -0.15) is 5.26 Å². The molecular weight excluding hydrogens is 497 g/mol. The lowest BCUT2D eigenvalue weighted by molar-refractivity contribution is -0.137. The highest BCUT2D eigenvalue weighted by atomic mass is 19.1.